The van der Waals surface area contributed by atoms with Gasteiger partial charge in [-0.3, -0.25) is 4.90 Å². The van der Waals surface area contributed by atoms with Gasteiger partial charge >= 0.3 is 0 Å². The molecule has 0 atom stereocenters. The van der Waals surface area contributed by atoms with Crippen molar-refractivity contribution in [2.24, 2.45) is 7.05 Å². The van der Waals surface area contributed by atoms with Crippen molar-refractivity contribution in [1.29, 1.82) is 0 Å². The third-order valence-electron chi connectivity index (χ3n) is 7.03. The van der Waals surface area contributed by atoms with E-state index in [1.807, 2.05) is 12.1 Å². The van der Waals surface area contributed by atoms with Gasteiger partial charge in [0.15, 0.2) is 0 Å². The van der Waals surface area contributed by atoms with Gasteiger partial charge in [-0.05, 0) is 37.2 Å². The first-order valence-corrected chi connectivity index (χ1v) is 13.1. The van der Waals surface area contributed by atoms with E-state index in [4.69, 9.17) is 13.9 Å². The molecule has 1 saturated heterocycles. The number of aromatic nitrogens is 1. The van der Waals surface area contributed by atoms with Crippen LogP contribution in [0.3, 0.4) is 0 Å². The summed E-state index contributed by atoms with van der Waals surface area (Å²) in [4.78, 5) is 2.48. The molecule has 4 aromatic rings. The van der Waals surface area contributed by atoms with Crippen LogP contribution in [0.4, 0.5) is 5.69 Å². The number of nitrogens with one attached hydrogen (secondary N) is 1. The molecule has 1 fully saturated rings. The topological polar surface area (TPSA) is 50.8 Å². The van der Waals surface area contributed by atoms with Gasteiger partial charge in [-0.25, -0.2) is 0 Å². The first-order chi connectivity index (χ1) is 17.4. The Morgan fingerprint density at radius 3 is 2.64 bits per heavy atom. The van der Waals surface area contributed by atoms with Crippen LogP contribution in [0.5, 0.6) is 5.75 Å². The zero-order valence-corrected chi connectivity index (χ0v) is 22.2. The lowest BCUT2D eigenvalue weighted by Gasteiger charge is -2.26. The van der Waals surface area contributed by atoms with Crippen LogP contribution in [0.1, 0.15) is 12.8 Å². The van der Waals surface area contributed by atoms with Crippen molar-refractivity contribution in [2.75, 3.05) is 79.0 Å². The number of pyridine rings is 1. The number of benzene rings is 2. The first-order valence-electron chi connectivity index (χ1n) is 13.1. The number of morpholine rings is 1. The first kappa shape index (κ1) is 24.8. The molecule has 0 unspecified atom stereocenters. The normalized spacial score (nSPS) is 15.2. The van der Waals surface area contributed by atoms with E-state index in [0.29, 0.717) is 6.61 Å². The summed E-state index contributed by atoms with van der Waals surface area (Å²) < 4.78 is 21.3. The number of anilines is 1. The van der Waals surface area contributed by atoms with E-state index in [1.165, 1.54) is 10.9 Å². The average molecular weight is 493 g/mol. The Bertz CT molecular complexity index is 1340. The Morgan fingerprint density at radius 1 is 1.03 bits per heavy atom. The molecule has 0 amide bonds. The smallest absolute Gasteiger partial charge is 0.261 e. The Labute approximate surface area is 213 Å². The fourth-order valence-electron chi connectivity index (χ4n) is 5.12. The van der Waals surface area contributed by atoms with Crippen LogP contribution >= 0.6 is 0 Å². The molecule has 7 heteroatoms. The molecule has 1 aliphatic rings. The van der Waals surface area contributed by atoms with Gasteiger partial charge in [0.05, 0.1) is 64.0 Å². The van der Waals surface area contributed by atoms with Crippen molar-refractivity contribution in [3.63, 3.8) is 0 Å². The summed E-state index contributed by atoms with van der Waals surface area (Å²) in [5.41, 5.74) is 5.13. The van der Waals surface area contributed by atoms with E-state index in [1.54, 1.807) is 0 Å². The van der Waals surface area contributed by atoms with Crippen molar-refractivity contribution in [3.05, 3.63) is 42.5 Å². The maximum atomic E-state index is 6.48. The lowest BCUT2D eigenvalue weighted by Crippen LogP contribution is -2.37. The molecule has 0 bridgehead atoms. The van der Waals surface area contributed by atoms with Crippen LogP contribution in [0.2, 0.25) is 0 Å². The second kappa shape index (κ2) is 10.6. The van der Waals surface area contributed by atoms with Crippen molar-refractivity contribution in [3.8, 4) is 5.75 Å². The number of quaternary nitrogens is 1. The summed E-state index contributed by atoms with van der Waals surface area (Å²) in [6.45, 7) is 7.49. The second-order valence-corrected chi connectivity index (χ2v) is 10.8. The molecule has 1 aliphatic heterocycles. The molecule has 0 spiro atoms. The SMILES string of the molecule is C[n+]1c2ccccc2c(NCCCN2CCOCC2)c2oc3ccc(OCCC[N+](C)(C)C)cc3c21. The maximum absolute atomic E-state index is 6.48. The number of furan rings is 1. The largest absolute Gasteiger partial charge is 0.493 e. The number of nitrogens with zero attached hydrogens (tertiary/aromatic N) is 3. The molecule has 2 aromatic heterocycles. The number of aryl methyl sites for hydroxylation is 1. The highest BCUT2D eigenvalue weighted by atomic mass is 16.5. The van der Waals surface area contributed by atoms with E-state index >= 15 is 0 Å². The minimum Gasteiger partial charge on any atom is -0.493 e. The van der Waals surface area contributed by atoms with Crippen molar-refractivity contribution < 1.29 is 22.9 Å². The highest BCUT2D eigenvalue weighted by molar-refractivity contribution is 6.11. The van der Waals surface area contributed by atoms with Crippen LogP contribution < -0.4 is 14.6 Å². The van der Waals surface area contributed by atoms with E-state index in [0.717, 1.165) is 96.8 Å². The minimum absolute atomic E-state index is 0.710. The summed E-state index contributed by atoms with van der Waals surface area (Å²) in [5.74, 6) is 0.889. The van der Waals surface area contributed by atoms with E-state index < -0.39 is 0 Å². The number of ether oxygens (including phenoxy) is 2. The fourth-order valence-corrected chi connectivity index (χ4v) is 5.12. The van der Waals surface area contributed by atoms with Gasteiger partial charge in [-0.15, -0.1) is 0 Å². The van der Waals surface area contributed by atoms with Crippen LogP contribution in [-0.4, -0.2) is 83.1 Å². The van der Waals surface area contributed by atoms with Crippen LogP contribution in [0.15, 0.2) is 46.9 Å². The highest BCUT2D eigenvalue weighted by Crippen LogP contribution is 2.37. The molecule has 5 rings (SSSR count). The molecular formula is C29H40N4O3+2. The predicted molar refractivity (Wildman–Crippen MR) is 146 cm³/mol. The quantitative estimate of drug-likeness (QED) is 0.205. The number of fused-ring (bicyclic) bond motifs is 4. The van der Waals surface area contributed by atoms with Crippen LogP contribution in [0.25, 0.3) is 33.0 Å². The Morgan fingerprint density at radius 2 is 1.83 bits per heavy atom. The number of hydrogen-bond donors (Lipinski definition) is 1. The molecule has 1 N–H and O–H groups in total. The summed E-state index contributed by atoms with van der Waals surface area (Å²) in [5, 5.41) is 5.99. The molecule has 0 radical (unpaired) electrons. The monoisotopic (exact) mass is 492 g/mol. The van der Waals surface area contributed by atoms with Gasteiger partial charge in [-0.2, -0.15) is 4.57 Å². The van der Waals surface area contributed by atoms with Gasteiger partial charge < -0.3 is 23.7 Å². The molecule has 3 heterocycles. The standard InChI is InChI=1S/C29H39N4O3/c1-31-25-10-6-5-9-23(25)27(30-13-7-14-32-15-19-34-20-16-32)29-28(31)24-21-22(11-12-26(24)36-29)35-18-8-17-33(2,3)4/h5-6,9-12,21H,7-8,13-20H2,1-4H3/q+1/p+1. The maximum Gasteiger partial charge on any atom is 0.261 e. The average Bonchev–Trinajstić information content (AvgIpc) is 3.25. The van der Waals surface area contributed by atoms with Gasteiger partial charge in [-0.1, -0.05) is 12.1 Å². The third-order valence-corrected chi connectivity index (χ3v) is 7.03. The molecule has 0 saturated carbocycles. The van der Waals surface area contributed by atoms with Crippen molar-refractivity contribution in [2.45, 2.75) is 12.8 Å². The lowest BCUT2D eigenvalue weighted by molar-refractivity contribution is -0.870. The highest BCUT2D eigenvalue weighted by Gasteiger charge is 2.25. The third kappa shape index (κ3) is 5.43. The fraction of sp³-hybridized carbons (Fsp3) is 0.483. The Balaban J connectivity index is 1.42. The summed E-state index contributed by atoms with van der Waals surface area (Å²) in [6, 6.07) is 14.7. The molecule has 192 valence electrons. The van der Waals surface area contributed by atoms with E-state index in [9.17, 15) is 0 Å². The molecule has 2 aromatic carbocycles. The molecule has 0 aliphatic carbocycles. The molecule has 36 heavy (non-hydrogen) atoms. The Kier molecular flexibility index (Phi) is 7.32. The Hall–Kier alpha value is -2.87. The van der Waals surface area contributed by atoms with Gasteiger partial charge in [0, 0.05) is 32.1 Å². The minimum atomic E-state index is 0.710. The number of rotatable bonds is 10. The van der Waals surface area contributed by atoms with E-state index in [2.05, 4.69) is 73.3 Å². The van der Waals surface area contributed by atoms with Crippen molar-refractivity contribution >= 4 is 38.7 Å². The zero-order valence-electron chi connectivity index (χ0n) is 22.2. The number of para-hydroxylation sites is 1. The van der Waals surface area contributed by atoms with Crippen LogP contribution in [-0.2, 0) is 11.8 Å². The second-order valence-electron chi connectivity index (χ2n) is 10.8. The molecule has 7 nitrogen and oxygen atoms in total. The van der Waals surface area contributed by atoms with Gasteiger partial charge in [0.1, 0.15) is 18.4 Å². The lowest BCUT2D eigenvalue weighted by atomic mass is 10.1. The summed E-state index contributed by atoms with van der Waals surface area (Å²) >= 11 is 0. The zero-order chi connectivity index (χ0) is 25.1. The van der Waals surface area contributed by atoms with Gasteiger partial charge in [0.2, 0.25) is 11.1 Å². The van der Waals surface area contributed by atoms with E-state index in [-0.39, 0.29) is 0 Å². The summed E-state index contributed by atoms with van der Waals surface area (Å²) in [7, 11) is 8.75. The summed E-state index contributed by atoms with van der Waals surface area (Å²) in [6.07, 6.45) is 2.09. The molecular weight excluding hydrogens is 452 g/mol. The predicted octanol–water partition coefficient (Wildman–Crippen LogP) is 4.17. The van der Waals surface area contributed by atoms with Gasteiger partial charge in [0.25, 0.3) is 5.52 Å². The number of hydrogen-bond acceptors (Lipinski definition) is 5. The van der Waals surface area contributed by atoms with Crippen molar-refractivity contribution in [1.82, 2.24) is 4.90 Å². The van der Waals surface area contributed by atoms with Crippen LogP contribution in [0, 0.1) is 0 Å².